The maximum Gasteiger partial charge on any atom is 0.131 e. The van der Waals surface area contributed by atoms with E-state index in [4.69, 9.17) is 5.21 Å². The predicted octanol–water partition coefficient (Wildman–Crippen LogP) is 5.21. The molecule has 6 heteroatoms. The van der Waals surface area contributed by atoms with Crippen LogP contribution in [0.4, 0.5) is 4.39 Å². The van der Waals surface area contributed by atoms with Crippen LogP contribution < -0.4 is 5.32 Å². The lowest BCUT2D eigenvalue weighted by Crippen LogP contribution is -2.01. The van der Waals surface area contributed by atoms with Crippen molar-refractivity contribution in [3.8, 4) is 24.0 Å². The number of ether oxygens (including phenoxy) is 1. The highest BCUT2D eigenvalue weighted by Gasteiger charge is 2.07. The molecule has 0 aliphatic carbocycles. The number of halogens is 1. The Hall–Kier alpha value is -3.27. The van der Waals surface area contributed by atoms with Crippen LogP contribution in [0.2, 0.25) is 0 Å². The van der Waals surface area contributed by atoms with E-state index in [2.05, 4.69) is 46.7 Å². The number of allylic oxidation sites excluding steroid dienone is 1. The van der Waals surface area contributed by atoms with Gasteiger partial charge in [-0.3, -0.25) is 4.99 Å². The number of nitrogens with one attached hydrogen (secondary N) is 1. The summed E-state index contributed by atoms with van der Waals surface area (Å²) in [6, 6.07) is 14.3. The molecule has 168 valence electrons. The normalized spacial score (nSPS) is 9.97. The van der Waals surface area contributed by atoms with Gasteiger partial charge in [0, 0.05) is 31.9 Å². The summed E-state index contributed by atoms with van der Waals surface area (Å²) in [7, 11) is 3.61. The Labute approximate surface area is 186 Å². The lowest BCUT2D eigenvalue weighted by Gasteiger charge is -2.06. The molecular weight excluding hydrogens is 393 g/mol. The van der Waals surface area contributed by atoms with Crippen LogP contribution in [0.15, 0.2) is 71.0 Å². The summed E-state index contributed by atoms with van der Waals surface area (Å²) in [5, 5.41) is 15.0. The summed E-state index contributed by atoms with van der Waals surface area (Å²) in [6.07, 6.45) is 11.3. The molecule has 0 saturated carbocycles. The van der Waals surface area contributed by atoms with Crippen LogP contribution in [-0.4, -0.2) is 44.9 Å². The van der Waals surface area contributed by atoms with Gasteiger partial charge in [0.05, 0.1) is 5.71 Å². The number of benzene rings is 2. The summed E-state index contributed by atoms with van der Waals surface area (Å²) in [5.41, 5.74) is 2.47. The van der Waals surface area contributed by atoms with Crippen molar-refractivity contribution in [3.05, 3.63) is 72.2 Å². The molecule has 0 aliphatic rings. The van der Waals surface area contributed by atoms with Crippen LogP contribution in [-0.2, 0) is 11.2 Å². The molecular formula is C25H34FN3O2. The number of methoxy groups -OCH3 is 1. The minimum absolute atomic E-state index is 0.304. The maximum atomic E-state index is 14.2. The number of rotatable bonds is 7. The summed E-state index contributed by atoms with van der Waals surface area (Å²) >= 11 is 0. The quantitative estimate of drug-likeness (QED) is 0.276. The third-order valence-electron chi connectivity index (χ3n) is 3.65. The molecule has 0 unspecified atom stereocenters. The van der Waals surface area contributed by atoms with Gasteiger partial charge in [-0.1, -0.05) is 54.5 Å². The number of hydrogen-bond donors (Lipinski definition) is 2. The van der Waals surface area contributed by atoms with Crippen molar-refractivity contribution in [2.24, 2.45) is 10.1 Å². The van der Waals surface area contributed by atoms with Gasteiger partial charge in [0.25, 0.3) is 0 Å². The minimum atomic E-state index is -0.304. The van der Waals surface area contributed by atoms with Crippen LogP contribution in [0.1, 0.15) is 19.4 Å². The Bertz CT molecular complexity index is 780. The topological polar surface area (TPSA) is 66.2 Å². The Morgan fingerprint density at radius 3 is 2.19 bits per heavy atom. The Morgan fingerprint density at radius 1 is 1.19 bits per heavy atom. The first kappa shape index (κ1) is 29.9. The molecule has 0 radical (unpaired) electrons. The Kier molecular flexibility index (Phi) is 20.7. The van der Waals surface area contributed by atoms with Crippen molar-refractivity contribution in [1.82, 2.24) is 5.32 Å². The molecule has 0 aliphatic heterocycles. The molecule has 0 bridgehead atoms. The van der Waals surface area contributed by atoms with Gasteiger partial charge in [-0.25, -0.2) is 4.39 Å². The monoisotopic (exact) mass is 427 g/mol. The van der Waals surface area contributed by atoms with Crippen molar-refractivity contribution >= 4 is 12.4 Å². The zero-order valence-corrected chi connectivity index (χ0v) is 18.9. The first-order valence-corrected chi connectivity index (χ1v) is 9.71. The van der Waals surface area contributed by atoms with E-state index in [1.807, 2.05) is 50.4 Å². The highest BCUT2D eigenvalue weighted by molar-refractivity contribution is 5.96. The number of terminal acetylenes is 1. The van der Waals surface area contributed by atoms with Crippen molar-refractivity contribution < 1.29 is 14.3 Å². The van der Waals surface area contributed by atoms with Gasteiger partial charge in [0.2, 0.25) is 0 Å². The lowest BCUT2D eigenvalue weighted by molar-refractivity contribution is 0.215. The van der Waals surface area contributed by atoms with Crippen LogP contribution in [0.3, 0.4) is 0 Å². The van der Waals surface area contributed by atoms with Gasteiger partial charge >= 0.3 is 0 Å². The Balaban J connectivity index is 0. The van der Waals surface area contributed by atoms with Crippen LogP contribution in [0.5, 0.6) is 0 Å². The maximum absolute atomic E-state index is 14.2. The van der Waals surface area contributed by atoms with Crippen LogP contribution >= 0.6 is 0 Å². The molecule has 0 aromatic heterocycles. The molecule has 0 saturated heterocycles. The van der Waals surface area contributed by atoms with E-state index in [1.54, 1.807) is 13.2 Å². The molecule has 5 nitrogen and oxygen atoms in total. The molecule has 2 N–H and O–H groups in total. The second kappa shape index (κ2) is 21.4. The largest absolute Gasteiger partial charge is 0.411 e. The molecule has 2 rings (SSSR count). The number of hydrogen-bond acceptors (Lipinski definition) is 5. The fourth-order valence-electron chi connectivity index (χ4n) is 2.00. The fourth-order valence-corrected chi connectivity index (χ4v) is 2.00. The summed E-state index contributed by atoms with van der Waals surface area (Å²) in [5.74, 6) is -0.304. The highest BCUT2D eigenvalue weighted by Crippen LogP contribution is 2.23. The van der Waals surface area contributed by atoms with Crippen LogP contribution in [0, 0.1) is 18.7 Å². The van der Waals surface area contributed by atoms with Crippen LogP contribution in [0.25, 0.3) is 11.1 Å². The van der Waals surface area contributed by atoms with Gasteiger partial charge in [0.15, 0.2) is 0 Å². The second-order valence-electron chi connectivity index (χ2n) is 5.73. The first-order chi connectivity index (χ1) is 15.1. The number of aliphatic imine (C=N–C) groups is 1. The van der Waals surface area contributed by atoms with E-state index in [9.17, 15) is 4.39 Å². The number of oxime groups is 1. The molecule has 0 spiro atoms. The zero-order chi connectivity index (χ0) is 23.9. The van der Waals surface area contributed by atoms with E-state index in [1.165, 1.54) is 18.3 Å². The van der Waals surface area contributed by atoms with Gasteiger partial charge in [0.1, 0.15) is 5.82 Å². The van der Waals surface area contributed by atoms with Gasteiger partial charge in [-0.05, 0) is 50.5 Å². The average molecular weight is 428 g/mol. The standard InChI is InChI=1S/C17H15FN2O.C3H9N.C3H8O.C2H2/c1-19-10-9-15(20-21)11-13-7-8-16(17(18)12-13)14-5-3-2-4-6-14;2*1-3-4-2;1-2/h2-10,12,21H,1,11H2;4H,3H2,1-2H3;3H2,1-2H3;1-2H/b10-9+,20-15+;;;. The summed E-state index contributed by atoms with van der Waals surface area (Å²) in [4.78, 5) is 3.54. The number of nitrogens with zero attached hydrogens (tertiary/aromatic N) is 2. The minimum Gasteiger partial charge on any atom is -0.411 e. The van der Waals surface area contributed by atoms with Crippen molar-refractivity contribution in [1.29, 1.82) is 0 Å². The molecule has 0 amide bonds. The molecule has 0 atom stereocenters. The van der Waals surface area contributed by atoms with E-state index >= 15 is 0 Å². The Morgan fingerprint density at radius 2 is 1.77 bits per heavy atom. The SMILES string of the molecule is C#C.C=N/C=C/C(Cc1ccc(-c2ccccc2)c(F)c1)=N\O.CCNC.CCOC. The third kappa shape index (κ3) is 14.4. The third-order valence-corrected chi connectivity index (χ3v) is 3.65. The molecule has 31 heavy (non-hydrogen) atoms. The van der Waals surface area contributed by atoms with Gasteiger partial charge in [-0.15, -0.1) is 12.8 Å². The molecule has 2 aromatic rings. The first-order valence-electron chi connectivity index (χ1n) is 9.71. The van der Waals surface area contributed by atoms with E-state index in [0.717, 1.165) is 18.7 Å². The molecule has 0 fully saturated rings. The van der Waals surface area contributed by atoms with Gasteiger partial charge in [-0.2, -0.15) is 0 Å². The second-order valence-corrected chi connectivity index (χ2v) is 5.73. The molecule has 2 aromatic carbocycles. The van der Waals surface area contributed by atoms with E-state index < -0.39 is 0 Å². The average Bonchev–Trinajstić information content (AvgIpc) is 2.84. The predicted molar refractivity (Wildman–Crippen MR) is 130 cm³/mol. The van der Waals surface area contributed by atoms with E-state index in [0.29, 0.717) is 23.3 Å². The zero-order valence-electron chi connectivity index (χ0n) is 18.9. The van der Waals surface area contributed by atoms with Gasteiger partial charge < -0.3 is 15.3 Å². The summed E-state index contributed by atoms with van der Waals surface area (Å²) in [6.45, 7) is 9.22. The van der Waals surface area contributed by atoms with E-state index in [-0.39, 0.29) is 5.82 Å². The summed E-state index contributed by atoms with van der Waals surface area (Å²) < 4.78 is 18.7. The smallest absolute Gasteiger partial charge is 0.131 e. The van der Waals surface area contributed by atoms with Crippen molar-refractivity contribution in [3.63, 3.8) is 0 Å². The molecule has 0 heterocycles. The fraction of sp³-hybridized carbons (Fsp3) is 0.280. The highest BCUT2D eigenvalue weighted by atomic mass is 19.1. The van der Waals surface area contributed by atoms with Crippen molar-refractivity contribution in [2.45, 2.75) is 20.3 Å². The van der Waals surface area contributed by atoms with Crippen molar-refractivity contribution in [2.75, 3.05) is 27.3 Å². The lowest BCUT2D eigenvalue weighted by atomic mass is 10.0.